The molecule has 0 unspecified atom stereocenters. The maximum atomic E-state index is 11.5. The van der Waals surface area contributed by atoms with Gasteiger partial charge in [-0.05, 0) is 32.1 Å². The lowest BCUT2D eigenvalue weighted by atomic mass is 9.75. The van der Waals surface area contributed by atoms with Crippen LogP contribution in [0.2, 0.25) is 0 Å². The highest BCUT2D eigenvalue weighted by atomic mass is 16.2. The summed E-state index contributed by atoms with van der Waals surface area (Å²) in [4.78, 5) is 22.8. The fraction of sp³-hybridized carbons (Fsp3) is 0.818. The van der Waals surface area contributed by atoms with Crippen molar-refractivity contribution < 1.29 is 9.59 Å². The van der Waals surface area contributed by atoms with Gasteiger partial charge in [0.05, 0.1) is 6.54 Å². The second kappa shape index (κ2) is 4.41. The van der Waals surface area contributed by atoms with Crippen molar-refractivity contribution in [3.63, 3.8) is 0 Å². The molecule has 0 radical (unpaired) electrons. The van der Waals surface area contributed by atoms with Crippen molar-refractivity contribution >= 4 is 11.8 Å². The molecule has 0 atom stereocenters. The summed E-state index contributed by atoms with van der Waals surface area (Å²) in [5.41, 5.74) is 5.63. The number of carbonyl (C=O) groups excluding carboxylic acids is 2. The van der Waals surface area contributed by atoms with E-state index in [0.717, 1.165) is 32.1 Å². The van der Waals surface area contributed by atoms with E-state index in [-0.39, 0.29) is 23.9 Å². The normalized spacial score (nSPS) is 22.1. The molecule has 16 heavy (non-hydrogen) atoms. The molecule has 5 heteroatoms. The molecule has 2 rings (SSSR count). The molecule has 90 valence electrons. The van der Waals surface area contributed by atoms with E-state index in [2.05, 4.69) is 10.6 Å². The van der Waals surface area contributed by atoms with Crippen LogP contribution in [0.5, 0.6) is 0 Å². The smallest absolute Gasteiger partial charge is 0.239 e. The minimum Gasteiger partial charge on any atom is -0.352 e. The monoisotopic (exact) mass is 225 g/mol. The van der Waals surface area contributed by atoms with E-state index in [1.54, 1.807) is 0 Å². The van der Waals surface area contributed by atoms with Crippen LogP contribution >= 0.6 is 0 Å². The molecule has 2 aliphatic rings. The summed E-state index contributed by atoms with van der Waals surface area (Å²) in [6.07, 6.45) is 5.39. The number of hydrogen-bond donors (Lipinski definition) is 3. The van der Waals surface area contributed by atoms with E-state index in [4.69, 9.17) is 5.73 Å². The van der Waals surface area contributed by atoms with Crippen molar-refractivity contribution in [1.29, 1.82) is 0 Å². The molecule has 0 spiro atoms. The highest BCUT2D eigenvalue weighted by Gasteiger charge is 2.34. The molecule has 0 aliphatic heterocycles. The first-order chi connectivity index (χ1) is 7.57. The van der Waals surface area contributed by atoms with Crippen molar-refractivity contribution in [1.82, 2.24) is 10.6 Å². The Morgan fingerprint density at radius 2 is 1.94 bits per heavy atom. The van der Waals surface area contributed by atoms with Gasteiger partial charge in [-0.1, -0.05) is 0 Å². The van der Waals surface area contributed by atoms with Gasteiger partial charge in [0, 0.05) is 18.0 Å². The van der Waals surface area contributed by atoms with Gasteiger partial charge < -0.3 is 16.4 Å². The Morgan fingerprint density at radius 3 is 2.44 bits per heavy atom. The topological polar surface area (TPSA) is 84.2 Å². The summed E-state index contributed by atoms with van der Waals surface area (Å²) in [5.74, 6) is -0.219. The Balaban J connectivity index is 1.61. The maximum Gasteiger partial charge on any atom is 0.239 e. The highest BCUT2D eigenvalue weighted by molar-refractivity contribution is 5.85. The van der Waals surface area contributed by atoms with Crippen LogP contribution in [0.15, 0.2) is 0 Å². The number of hydrogen-bond acceptors (Lipinski definition) is 3. The molecule has 2 amide bonds. The first-order valence-electron chi connectivity index (χ1n) is 5.92. The quantitative estimate of drug-likeness (QED) is 0.598. The highest BCUT2D eigenvalue weighted by Crippen LogP contribution is 2.31. The number of nitrogens with one attached hydrogen (secondary N) is 2. The summed E-state index contributed by atoms with van der Waals surface area (Å²) in [7, 11) is 0. The molecule has 0 saturated heterocycles. The first kappa shape index (κ1) is 11.4. The molecule has 0 aromatic rings. The van der Waals surface area contributed by atoms with Gasteiger partial charge in [-0.25, -0.2) is 0 Å². The van der Waals surface area contributed by atoms with E-state index in [1.807, 2.05) is 0 Å². The predicted octanol–water partition coefficient (Wildman–Crippen LogP) is -0.347. The van der Waals surface area contributed by atoms with Crippen LogP contribution in [-0.2, 0) is 9.59 Å². The van der Waals surface area contributed by atoms with E-state index in [9.17, 15) is 9.59 Å². The van der Waals surface area contributed by atoms with Gasteiger partial charge in [0.1, 0.15) is 0 Å². The Morgan fingerprint density at radius 1 is 1.25 bits per heavy atom. The zero-order valence-corrected chi connectivity index (χ0v) is 9.42. The Kier molecular flexibility index (Phi) is 3.14. The van der Waals surface area contributed by atoms with Crippen LogP contribution in [0.4, 0.5) is 0 Å². The molecule has 2 saturated carbocycles. The molecule has 4 N–H and O–H groups in total. The predicted molar refractivity (Wildman–Crippen MR) is 59.6 cm³/mol. The van der Waals surface area contributed by atoms with Gasteiger partial charge in [-0.15, -0.1) is 0 Å². The average Bonchev–Trinajstić information content (AvgIpc) is 2.96. The second-order valence-corrected chi connectivity index (χ2v) is 5.01. The molecule has 0 heterocycles. The van der Waals surface area contributed by atoms with Gasteiger partial charge in [0.15, 0.2) is 0 Å². The van der Waals surface area contributed by atoms with Gasteiger partial charge >= 0.3 is 0 Å². The summed E-state index contributed by atoms with van der Waals surface area (Å²) in [6, 6.07) is 0.344. The SMILES string of the molecule is NC1(CC(=O)NCC(=O)NC2CC2)CCC1. The minimum atomic E-state index is -0.308. The van der Waals surface area contributed by atoms with Crippen LogP contribution in [0.25, 0.3) is 0 Å². The Hall–Kier alpha value is -1.10. The zero-order chi connectivity index (χ0) is 11.6. The average molecular weight is 225 g/mol. The Bertz CT molecular complexity index is 296. The van der Waals surface area contributed by atoms with Crippen molar-refractivity contribution in [2.24, 2.45) is 5.73 Å². The van der Waals surface area contributed by atoms with Crippen molar-refractivity contribution in [3.05, 3.63) is 0 Å². The standard InChI is InChI=1S/C11H19N3O2/c12-11(4-1-5-11)6-9(15)13-7-10(16)14-8-2-3-8/h8H,1-7,12H2,(H,13,15)(H,14,16). The summed E-state index contributed by atoms with van der Waals surface area (Å²) in [6.45, 7) is 0.0748. The van der Waals surface area contributed by atoms with Crippen LogP contribution in [0.3, 0.4) is 0 Å². The third-order valence-corrected chi connectivity index (χ3v) is 3.25. The fourth-order valence-electron chi connectivity index (χ4n) is 1.88. The summed E-state index contributed by atoms with van der Waals surface area (Å²) < 4.78 is 0. The summed E-state index contributed by atoms with van der Waals surface area (Å²) in [5, 5.41) is 5.42. The van der Waals surface area contributed by atoms with Crippen LogP contribution in [0.1, 0.15) is 38.5 Å². The van der Waals surface area contributed by atoms with Gasteiger partial charge in [-0.3, -0.25) is 9.59 Å². The number of amides is 2. The molecule has 5 nitrogen and oxygen atoms in total. The van der Waals surface area contributed by atoms with Crippen LogP contribution in [0, 0.1) is 0 Å². The van der Waals surface area contributed by atoms with E-state index < -0.39 is 0 Å². The van der Waals surface area contributed by atoms with Gasteiger partial charge in [0.25, 0.3) is 0 Å². The van der Waals surface area contributed by atoms with Crippen molar-refractivity contribution in [2.75, 3.05) is 6.54 Å². The Labute approximate surface area is 95.1 Å². The maximum absolute atomic E-state index is 11.5. The van der Waals surface area contributed by atoms with Crippen molar-refractivity contribution in [3.8, 4) is 0 Å². The molecule has 2 fully saturated rings. The molecule has 0 aromatic carbocycles. The fourth-order valence-corrected chi connectivity index (χ4v) is 1.88. The van der Waals surface area contributed by atoms with Gasteiger partial charge in [-0.2, -0.15) is 0 Å². The molecule has 0 bridgehead atoms. The zero-order valence-electron chi connectivity index (χ0n) is 9.42. The van der Waals surface area contributed by atoms with Crippen LogP contribution in [-0.4, -0.2) is 29.9 Å². The van der Waals surface area contributed by atoms with Crippen LogP contribution < -0.4 is 16.4 Å². The number of rotatable bonds is 5. The van der Waals surface area contributed by atoms with E-state index >= 15 is 0 Å². The molecular formula is C11H19N3O2. The molecule has 0 aromatic heterocycles. The third-order valence-electron chi connectivity index (χ3n) is 3.25. The number of nitrogens with two attached hydrogens (primary N) is 1. The largest absolute Gasteiger partial charge is 0.352 e. The minimum absolute atomic E-state index is 0.0748. The molecule has 2 aliphatic carbocycles. The lowest BCUT2D eigenvalue weighted by molar-refractivity contribution is -0.127. The lowest BCUT2D eigenvalue weighted by Gasteiger charge is -2.37. The first-order valence-corrected chi connectivity index (χ1v) is 5.92. The summed E-state index contributed by atoms with van der Waals surface area (Å²) >= 11 is 0. The lowest BCUT2D eigenvalue weighted by Crippen LogP contribution is -2.50. The number of carbonyl (C=O) groups is 2. The van der Waals surface area contributed by atoms with E-state index in [0.29, 0.717) is 12.5 Å². The third kappa shape index (κ3) is 3.20. The second-order valence-electron chi connectivity index (χ2n) is 5.01. The van der Waals surface area contributed by atoms with E-state index in [1.165, 1.54) is 0 Å². The van der Waals surface area contributed by atoms with Crippen molar-refractivity contribution in [2.45, 2.75) is 50.1 Å². The molecular weight excluding hydrogens is 206 g/mol. The van der Waals surface area contributed by atoms with Gasteiger partial charge in [0.2, 0.25) is 11.8 Å².